The van der Waals surface area contributed by atoms with Crippen LogP contribution in [0.1, 0.15) is 15.9 Å². The lowest BCUT2D eigenvalue weighted by Gasteiger charge is -2.06. The van der Waals surface area contributed by atoms with E-state index in [9.17, 15) is 14.3 Å². The van der Waals surface area contributed by atoms with Gasteiger partial charge < -0.3 is 10.4 Å². The number of aromatic nitrogens is 1. The van der Waals surface area contributed by atoms with Gasteiger partial charge in [-0.05, 0) is 18.2 Å². The molecule has 0 saturated heterocycles. The number of nitrogens with one attached hydrogen (secondary N) is 1. The number of benzene rings is 1. The Hall–Kier alpha value is -2.43. The molecule has 0 aliphatic rings. The number of carbonyl (C=O) groups excluding carboxylic acids is 1. The van der Waals surface area contributed by atoms with Crippen LogP contribution in [0.3, 0.4) is 0 Å². The molecular formula is C13H11FN2O2. The SMILES string of the molecule is O=C(NCc1ccccc1O)c1ccc(F)nc1. The van der Waals surface area contributed by atoms with Gasteiger partial charge in [-0.2, -0.15) is 4.39 Å². The summed E-state index contributed by atoms with van der Waals surface area (Å²) in [6.45, 7) is 0.197. The number of aromatic hydroxyl groups is 1. The molecule has 0 spiro atoms. The maximum absolute atomic E-state index is 12.6. The molecule has 5 heteroatoms. The fraction of sp³-hybridized carbons (Fsp3) is 0.0769. The summed E-state index contributed by atoms with van der Waals surface area (Å²) in [5.41, 5.74) is 0.882. The summed E-state index contributed by atoms with van der Waals surface area (Å²) in [6, 6.07) is 9.18. The van der Waals surface area contributed by atoms with Crippen LogP contribution >= 0.6 is 0 Å². The summed E-state index contributed by atoms with van der Waals surface area (Å²) < 4.78 is 12.6. The van der Waals surface area contributed by atoms with Crippen LogP contribution in [0.4, 0.5) is 4.39 Å². The lowest BCUT2D eigenvalue weighted by Crippen LogP contribution is -2.23. The highest BCUT2D eigenvalue weighted by atomic mass is 19.1. The average molecular weight is 246 g/mol. The molecule has 92 valence electrons. The van der Waals surface area contributed by atoms with Crippen molar-refractivity contribution in [2.45, 2.75) is 6.54 Å². The van der Waals surface area contributed by atoms with E-state index < -0.39 is 5.95 Å². The molecule has 2 N–H and O–H groups in total. The number of phenols is 1. The second-order valence-electron chi connectivity index (χ2n) is 3.68. The van der Waals surface area contributed by atoms with E-state index >= 15 is 0 Å². The van der Waals surface area contributed by atoms with E-state index in [-0.39, 0.29) is 23.8 Å². The second-order valence-corrected chi connectivity index (χ2v) is 3.68. The van der Waals surface area contributed by atoms with Crippen molar-refractivity contribution in [3.8, 4) is 5.75 Å². The summed E-state index contributed by atoms with van der Waals surface area (Å²) in [5.74, 6) is -0.881. The Labute approximate surface area is 103 Å². The lowest BCUT2D eigenvalue weighted by molar-refractivity contribution is 0.0950. The van der Waals surface area contributed by atoms with Gasteiger partial charge in [-0.1, -0.05) is 18.2 Å². The van der Waals surface area contributed by atoms with Crippen LogP contribution in [0.25, 0.3) is 0 Å². The fourth-order valence-corrected chi connectivity index (χ4v) is 1.45. The van der Waals surface area contributed by atoms with Crippen LogP contribution in [0, 0.1) is 5.95 Å². The van der Waals surface area contributed by atoms with Crippen LogP contribution < -0.4 is 5.32 Å². The molecule has 1 amide bonds. The van der Waals surface area contributed by atoms with Gasteiger partial charge in [-0.3, -0.25) is 4.79 Å². The molecule has 2 aromatic rings. The average Bonchev–Trinajstić information content (AvgIpc) is 2.38. The van der Waals surface area contributed by atoms with Crippen molar-refractivity contribution >= 4 is 5.91 Å². The summed E-state index contributed by atoms with van der Waals surface area (Å²) in [4.78, 5) is 15.1. The van der Waals surface area contributed by atoms with Gasteiger partial charge >= 0.3 is 0 Å². The van der Waals surface area contributed by atoms with E-state index in [1.54, 1.807) is 24.3 Å². The lowest BCUT2D eigenvalue weighted by atomic mass is 10.2. The Balaban J connectivity index is 2.01. The van der Waals surface area contributed by atoms with Gasteiger partial charge in [-0.25, -0.2) is 4.98 Å². The number of amides is 1. The van der Waals surface area contributed by atoms with Gasteiger partial charge in [0.25, 0.3) is 5.91 Å². The van der Waals surface area contributed by atoms with Crippen LogP contribution in [0.15, 0.2) is 42.6 Å². The zero-order chi connectivity index (χ0) is 13.0. The molecule has 2 rings (SSSR count). The van der Waals surface area contributed by atoms with Crippen molar-refractivity contribution in [3.63, 3.8) is 0 Å². The van der Waals surface area contributed by atoms with E-state index in [1.165, 1.54) is 6.07 Å². The zero-order valence-corrected chi connectivity index (χ0v) is 9.43. The number of hydrogen-bond donors (Lipinski definition) is 2. The number of rotatable bonds is 3. The standard InChI is InChI=1S/C13H11FN2O2/c14-12-6-5-10(8-15-12)13(18)16-7-9-3-1-2-4-11(9)17/h1-6,8,17H,7H2,(H,16,18). The number of halogens is 1. The molecule has 18 heavy (non-hydrogen) atoms. The molecule has 4 nitrogen and oxygen atoms in total. The predicted octanol–water partition coefficient (Wildman–Crippen LogP) is 1.86. The number of nitrogens with zero attached hydrogens (tertiary/aromatic N) is 1. The Kier molecular flexibility index (Phi) is 3.52. The zero-order valence-electron chi connectivity index (χ0n) is 9.43. The molecule has 0 atom stereocenters. The highest BCUT2D eigenvalue weighted by molar-refractivity contribution is 5.93. The van der Waals surface area contributed by atoms with Crippen molar-refractivity contribution in [2.24, 2.45) is 0 Å². The Morgan fingerprint density at radius 2 is 2.06 bits per heavy atom. The van der Waals surface area contributed by atoms with Crippen molar-refractivity contribution in [3.05, 3.63) is 59.7 Å². The smallest absolute Gasteiger partial charge is 0.253 e. The highest BCUT2D eigenvalue weighted by Crippen LogP contribution is 2.15. The van der Waals surface area contributed by atoms with Crippen molar-refractivity contribution < 1.29 is 14.3 Å². The Bertz CT molecular complexity index is 555. The Morgan fingerprint density at radius 3 is 2.72 bits per heavy atom. The van der Waals surface area contributed by atoms with Gasteiger partial charge in [-0.15, -0.1) is 0 Å². The van der Waals surface area contributed by atoms with Gasteiger partial charge in [0.2, 0.25) is 5.95 Å². The number of hydrogen-bond acceptors (Lipinski definition) is 3. The quantitative estimate of drug-likeness (QED) is 0.812. The topological polar surface area (TPSA) is 62.2 Å². The predicted molar refractivity (Wildman–Crippen MR) is 63.5 cm³/mol. The van der Waals surface area contributed by atoms with Gasteiger partial charge in [0.1, 0.15) is 5.75 Å². The molecule has 0 saturated carbocycles. The first-order chi connectivity index (χ1) is 8.66. The third-order valence-electron chi connectivity index (χ3n) is 2.42. The first kappa shape index (κ1) is 12.0. The minimum atomic E-state index is -0.632. The minimum absolute atomic E-state index is 0.120. The molecule has 1 aromatic carbocycles. The molecule has 0 radical (unpaired) electrons. The molecule has 0 aliphatic heterocycles. The first-order valence-corrected chi connectivity index (χ1v) is 5.33. The van der Waals surface area contributed by atoms with E-state index in [0.717, 1.165) is 12.3 Å². The molecule has 0 fully saturated rings. The van der Waals surface area contributed by atoms with Gasteiger partial charge in [0.15, 0.2) is 0 Å². The fourth-order valence-electron chi connectivity index (χ4n) is 1.45. The monoisotopic (exact) mass is 246 g/mol. The third-order valence-corrected chi connectivity index (χ3v) is 2.42. The van der Waals surface area contributed by atoms with E-state index in [4.69, 9.17) is 0 Å². The van der Waals surface area contributed by atoms with Crippen molar-refractivity contribution in [1.82, 2.24) is 10.3 Å². The summed E-state index contributed by atoms with van der Waals surface area (Å²) in [6.07, 6.45) is 1.16. The molecule has 1 aromatic heterocycles. The van der Waals surface area contributed by atoms with Gasteiger partial charge in [0.05, 0.1) is 5.56 Å². The number of carbonyl (C=O) groups is 1. The minimum Gasteiger partial charge on any atom is -0.508 e. The maximum atomic E-state index is 12.6. The van der Waals surface area contributed by atoms with E-state index in [0.29, 0.717) is 5.56 Å². The number of phenolic OH excluding ortho intramolecular Hbond substituents is 1. The highest BCUT2D eigenvalue weighted by Gasteiger charge is 2.07. The normalized spacial score (nSPS) is 10.1. The summed E-state index contributed by atoms with van der Waals surface area (Å²) in [7, 11) is 0. The second kappa shape index (κ2) is 5.27. The van der Waals surface area contributed by atoms with Crippen LogP contribution in [0.5, 0.6) is 5.75 Å². The third kappa shape index (κ3) is 2.82. The molecule has 1 heterocycles. The van der Waals surface area contributed by atoms with E-state index in [2.05, 4.69) is 10.3 Å². The molecular weight excluding hydrogens is 235 g/mol. The van der Waals surface area contributed by atoms with Crippen LogP contribution in [-0.2, 0) is 6.54 Å². The number of pyridine rings is 1. The van der Waals surface area contributed by atoms with Crippen LogP contribution in [0.2, 0.25) is 0 Å². The largest absolute Gasteiger partial charge is 0.508 e. The van der Waals surface area contributed by atoms with Gasteiger partial charge in [0, 0.05) is 18.3 Å². The summed E-state index contributed by atoms with van der Waals surface area (Å²) in [5, 5.41) is 12.1. The van der Waals surface area contributed by atoms with Crippen LogP contribution in [-0.4, -0.2) is 16.0 Å². The van der Waals surface area contributed by atoms with Crippen molar-refractivity contribution in [1.29, 1.82) is 0 Å². The maximum Gasteiger partial charge on any atom is 0.253 e. The summed E-state index contributed by atoms with van der Waals surface area (Å²) >= 11 is 0. The Morgan fingerprint density at radius 1 is 1.28 bits per heavy atom. The number of para-hydroxylation sites is 1. The molecule has 0 unspecified atom stereocenters. The van der Waals surface area contributed by atoms with E-state index in [1.807, 2.05) is 0 Å². The molecule has 0 aliphatic carbocycles. The van der Waals surface area contributed by atoms with Crippen molar-refractivity contribution in [2.75, 3.05) is 0 Å². The first-order valence-electron chi connectivity index (χ1n) is 5.33. The molecule has 0 bridgehead atoms.